The second-order valence-electron chi connectivity index (χ2n) is 11.4. The summed E-state index contributed by atoms with van der Waals surface area (Å²) in [5.41, 5.74) is 9.34. The van der Waals surface area contributed by atoms with Gasteiger partial charge in [0, 0.05) is 13.1 Å². The lowest BCUT2D eigenvalue weighted by atomic mass is 9.49. The Morgan fingerprint density at radius 3 is 2.56 bits per heavy atom. The van der Waals surface area contributed by atoms with Crippen molar-refractivity contribution >= 4 is 0 Å². The first-order valence-electron chi connectivity index (χ1n) is 12.7. The second kappa shape index (κ2) is 8.86. The van der Waals surface area contributed by atoms with E-state index in [0.717, 1.165) is 24.8 Å². The molecule has 0 amide bonds. The van der Waals surface area contributed by atoms with Gasteiger partial charge in [0.05, 0.1) is 7.11 Å². The third-order valence-corrected chi connectivity index (χ3v) is 8.87. The van der Waals surface area contributed by atoms with E-state index in [1.54, 1.807) is 18.2 Å². The van der Waals surface area contributed by atoms with Gasteiger partial charge in [0.15, 0.2) is 0 Å². The summed E-state index contributed by atoms with van der Waals surface area (Å²) in [6.45, 7) is 16.1. The number of rotatable bonds is 6. The SMILES string of the molecule is COc1cc(C)c(CNC[C@]2(C)CCC[C@@]3(C)c4ccc(C(C)C)cc4CC[C@@H]23)cc1C. The minimum absolute atomic E-state index is 0.310. The van der Waals surface area contributed by atoms with E-state index in [9.17, 15) is 0 Å². The average Bonchev–Trinajstić information content (AvgIpc) is 2.75. The molecule has 0 aromatic heterocycles. The molecule has 0 spiro atoms. The Labute approximate surface area is 196 Å². The highest BCUT2D eigenvalue weighted by atomic mass is 16.5. The molecule has 1 saturated carbocycles. The average molecular weight is 434 g/mol. The third kappa shape index (κ3) is 4.12. The van der Waals surface area contributed by atoms with Gasteiger partial charge < -0.3 is 10.1 Å². The zero-order valence-electron chi connectivity index (χ0n) is 21.4. The van der Waals surface area contributed by atoms with Gasteiger partial charge in [-0.2, -0.15) is 0 Å². The summed E-state index contributed by atoms with van der Waals surface area (Å²) in [4.78, 5) is 0. The molecule has 2 aromatic carbocycles. The maximum absolute atomic E-state index is 5.50. The fourth-order valence-electron chi connectivity index (χ4n) is 6.96. The van der Waals surface area contributed by atoms with Crippen molar-refractivity contribution in [3.05, 3.63) is 63.7 Å². The zero-order valence-corrected chi connectivity index (χ0v) is 21.4. The lowest BCUT2D eigenvalue weighted by Crippen LogP contribution is -2.52. The Morgan fingerprint density at radius 2 is 1.84 bits per heavy atom. The van der Waals surface area contributed by atoms with Gasteiger partial charge in [-0.05, 0) is 102 Å². The van der Waals surface area contributed by atoms with E-state index in [-0.39, 0.29) is 0 Å². The predicted molar refractivity (Wildman–Crippen MR) is 136 cm³/mol. The van der Waals surface area contributed by atoms with Crippen LogP contribution >= 0.6 is 0 Å². The summed E-state index contributed by atoms with van der Waals surface area (Å²) in [7, 11) is 1.76. The molecule has 2 aromatic rings. The molecule has 0 radical (unpaired) electrons. The quantitative estimate of drug-likeness (QED) is 0.518. The maximum Gasteiger partial charge on any atom is 0.122 e. The summed E-state index contributed by atoms with van der Waals surface area (Å²) in [5.74, 6) is 2.34. The van der Waals surface area contributed by atoms with Crippen LogP contribution in [0.4, 0.5) is 0 Å². The molecule has 174 valence electrons. The molecular weight excluding hydrogens is 390 g/mol. The van der Waals surface area contributed by atoms with E-state index >= 15 is 0 Å². The number of benzene rings is 2. The fraction of sp³-hybridized carbons (Fsp3) is 0.600. The third-order valence-electron chi connectivity index (χ3n) is 8.87. The van der Waals surface area contributed by atoms with Gasteiger partial charge in [-0.25, -0.2) is 0 Å². The highest BCUT2D eigenvalue weighted by molar-refractivity contribution is 5.43. The molecule has 2 aliphatic carbocycles. The predicted octanol–water partition coefficient (Wildman–Crippen LogP) is 7.24. The maximum atomic E-state index is 5.50. The fourth-order valence-corrected chi connectivity index (χ4v) is 6.96. The number of methoxy groups -OCH3 is 1. The van der Waals surface area contributed by atoms with E-state index in [2.05, 4.69) is 77.2 Å². The molecule has 0 unspecified atom stereocenters. The van der Waals surface area contributed by atoms with E-state index in [4.69, 9.17) is 4.74 Å². The van der Waals surface area contributed by atoms with Crippen molar-refractivity contribution in [3.8, 4) is 5.75 Å². The number of hydrogen-bond acceptors (Lipinski definition) is 2. The number of ether oxygens (including phenoxy) is 1. The van der Waals surface area contributed by atoms with Crippen LogP contribution in [0, 0.1) is 25.2 Å². The topological polar surface area (TPSA) is 21.3 Å². The highest BCUT2D eigenvalue weighted by Crippen LogP contribution is 2.57. The Kier molecular flexibility index (Phi) is 6.47. The minimum Gasteiger partial charge on any atom is -0.496 e. The van der Waals surface area contributed by atoms with Gasteiger partial charge in [-0.3, -0.25) is 0 Å². The van der Waals surface area contributed by atoms with Crippen LogP contribution < -0.4 is 10.1 Å². The number of fused-ring (bicyclic) bond motifs is 3. The molecule has 2 aliphatic rings. The molecule has 32 heavy (non-hydrogen) atoms. The molecule has 2 heteroatoms. The molecule has 0 aliphatic heterocycles. The zero-order chi connectivity index (χ0) is 23.1. The summed E-state index contributed by atoms with van der Waals surface area (Å²) in [6.07, 6.45) is 6.56. The number of aryl methyl sites for hydroxylation is 3. The molecule has 0 saturated heterocycles. The van der Waals surface area contributed by atoms with E-state index in [1.165, 1.54) is 54.4 Å². The Hall–Kier alpha value is -1.80. The molecular formula is C30H43NO. The lowest BCUT2D eigenvalue weighted by Gasteiger charge is -2.55. The first kappa shape index (κ1) is 23.4. The molecule has 0 bridgehead atoms. The van der Waals surface area contributed by atoms with Crippen molar-refractivity contribution in [3.63, 3.8) is 0 Å². The molecule has 3 atom stereocenters. The summed E-state index contributed by atoms with van der Waals surface area (Å²) in [6, 6.07) is 11.9. The largest absolute Gasteiger partial charge is 0.496 e. The van der Waals surface area contributed by atoms with Crippen molar-refractivity contribution in [2.45, 2.75) is 91.5 Å². The van der Waals surface area contributed by atoms with E-state index < -0.39 is 0 Å². The molecule has 4 rings (SSSR count). The van der Waals surface area contributed by atoms with E-state index in [1.807, 2.05) is 0 Å². The number of nitrogens with one attached hydrogen (secondary N) is 1. The number of hydrogen-bond donors (Lipinski definition) is 1. The summed E-state index contributed by atoms with van der Waals surface area (Å²) in [5, 5.41) is 3.87. The van der Waals surface area contributed by atoms with Crippen molar-refractivity contribution in [1.29, 1.82) is 0 Å². The monoisotopic (exact) mass is 433 g/mol. The Balaban J connectivity index is 1.52. The van der Waals surface area contributed by atoms with Crippen LogP contribution in [-0.2, 0) is 18.4 Å². The van der Waals surface area contributed by atoms with Gasteiger partial charge in [-0.15, -0.1) is 0 Å². The summed E-state index contributed by atoms with van der Waals surface area (Å²) >= 11 is 0. The molecule has 1 N–H and O–H groups in total. The molecule has 1 fully saturated rings. The molecule has 0 heterocycles. The Morgan fingerprint density at radius 1 is 1.06 bits per heavy atom. The minimum atomic E-state index is 0.310. The van der Waals surface area contributed by atoms with Crippen LogP contribution in [0.3, 0.4) is 0 Å². The van der Waals surface area contributed by atoms with Crippen LogP contribution in [0.2, 0.25) is 0 Å². The Bertz CT molecular complexity index is 977. The van der Waals surface area contributed by atoms with Gasteiger partial charge in [0.25, 0.3) is 0 Å². The van der Waals surface area contributed by atoms with Crippen LogP contribution in [0.1, 0.15) is 92.7 Å². The standard InChI is InChI=1S/C30H43NO/c1-20(2)23-9-11-26-24(17-23)10-12-28-29(5,13-8-14-30(26,28)6)19-31-18-25-15-22(4)27(32-7)16-21(25)3/h9,11,15-17,20,28,31H,8,10,12-14,18-19H2,1-7H3/t28-,29-,30-/m0/s1. The van der Waals surface area contributed by atoms with Crippen molar-refractivity contribution in [2.24, 2.45) is 11.3 Å². The summed E-state index contributed by atoms with van der Waals surface area (Å²) < 4.78 is 5.50. The second-order valence-corrected chi connectivity index (χ2v) is 11.4. The van der Waals surface area contributed by atoms with Gasteiger partial charge >= 0.3 is 0 Å². The van der Waals surface area contributed by atoms with E-state index in [0.29, 0.717) is 16.7 Å². The first-order chi connectivity index (χ1) is 15.2. The van der Waals surface area contributed by atoms with Crippen LogP contribution in [0.15, 0.2) is 30.3 Å². The normalized spacial score (nSPS) is 27.2. The lowest BCUT2D eigenvalue weighted by molar-refractivity contribution is 0.0257. The van der Waals surface area contributed by atoms with Crippen molar-refractivity contribution < 1.29 is 4.74 Å². The smallest absolute Gasteiger partial charge is 0.122 e. The highest BCUT2D eigenvalue weighted by Gasteiger charge is 2.51. The van der Waals surface area contributed by atoms with Crippen molar-refractivity contribution in [1.82, 2.24) is 5.32 Å². The van der Waals surface area contributed by atoms with Crippen molar-refractivity contribution in [2.75, 3.05) is 13.7 Å². The van der Waals surface area contributed by atoms with Gasteiger partial charge in [0.2, 0.25) is 0 Å². The van der Waals surface area contributed by atoms with Gasteiger partial charge in [0.1, 0.15) is 5.75 Å². The van der Waals surface area contributed by atoms with Crippen LogP contribution in [-0.4, -0.2) is 13.7 Å². The first-order valence-corrected chi connectivity index (χ1v) is 12.7. The van der Waals surface area contributed by atoms with Gasteiger partial charge in [-0.1, -0.05) is 58.4 Å². The molecule has 2 nitrogen and oxygen atoms in total. The van der Waals surface area contributed by atoms with Crippen LogP contribution in [0.25, 0.3) is 0 Å². The van der Waals surface area contributed by atoms with Crippen LogP contribution in [0.5, 0.6) is 5.75 Å².